The van der Waals surface area contributed by atoms with E-state index in [1.165, 1.54) is 11.3 Å². The number of carbonyl (C=O) groups is 1. The van der Waals surface area contributed by atoms with Gasteiger partial charge >= 0.3 is 5.97 Å². The van der Waals surface area contributed by atoms with Crippen LogP contribution >= 0.6 is 34.7 Å². The highest BCUT2D eigenvalue weighted by atomic mass is 35.5. The first-order valence-corrected chi connectivity index (χ1v) is 9.35. The van der Waals surface area contributed by atoms with Crippen molar-refractivity contribution >= 4 is 40.7 Å². The number of thiophene rings is 1. The zero-order valence-electron chi connectivity index (χ0n) is 12.5. The number of ether oxygens (including phenoxy) is 1. The monoisotopic (exact) mass is 380 g/mol. The molecule has 0 saturated heterocycles. The Morgan fingerprint density at radius 3 is 2.88 bits per heavy atom. The number of esters is 1. The number of carbonyl (C=O) groups excluding carboxylic acids is 1. The van der Waals surface area contributed by atoms with Crippen LogP contribution in [0.4, 0.5) is 0 Å². The summed E-state index contributed by atoms with van der Waals surface area (Å²) in [7, 11) is 0. The number of rotatable bonds is 7. The van der Waals surface area contributed by atoms with E-state index in [9.17, 15) is 4.79 Å². The Balaban J connectivity index is 1.40. The van der Waals surface area contributed by atoms with E-state index in [-0.39, 0.29) is 18.5 Å². The van der Waals surface area contributed by atoms with Gasteiger partial charge in [0.25, 0.3) is 5.89 Å². The van der Waals surface area contributed by atoms with Crippen LogP contribution in [0.3, 0.4) is 0 Å². The normalized spacial score (nSPS) is 10.7. The maximum atomic E-state index is 11.8. The first kappa shape index (κ1) is 17.0. The Bertz CT molecular complexity index is 788. The molecule has 0 bridgehead atoms. The molecule has 0 saturated carbocycles. The summed E-state index contributed by atoms with van der Waals surface area (Å²) >= 11 is 8.92. The molecule has 0 aliphatic carbocycles. The summed E-state index contributed by atoms with van der Waals surface area (Å²) < 4.78 is 10.2. The molecule has 0 N–H and O–H groups in total. The third-order valence-electron chi connectivity index (χ3n) is 2.95. The zero-order chi connectivity index (χ0) is 16.8. The average Bonchev–Trinajstić information content (AvgIpc) is 3.26. The highest BCUT2D eigenvalue weighted by molar-refractivity contribution is 7.99. The summed E-state index contributed by atoms with van der Waals surface area (Å²) in [5.74, 6) is 1.13. The second-order valence-electron chi connectivity index (χ2n) is 4.70. The molecule has 3 aromatic rings. The standard InChI is InChI=1S/C16H13ClN2O3S2/c17-11-3-5-12(6-4-11)23-9-7-15(20)21-10-14-18-16(19-22-14)13-2-1-8-24-13/h1-6,8H,7,9-10H2. The van der Waals surface area contributed by atoms with Gasteiger partial charge in [0, 0.05) is 15.7 Å². The van der Waals surface area contributed by atoms with Gasteiger partial charge in [-0.2, -0.15) is 4.98 Å². The molecule has 0 fully saturated rings. The van der Waals surface area contributed by atoms with E-state index >= 15 is 0 Å². The lowest BCUT2D eigenvalue weighted by atomic mass is 10.4. The summed E-state index contributed by atoms with van der Waals surface area (Å²) in [5, 5.41) is 6.49. The molecular weight excluding hydrogens is 368 g/mol. The molecule has 5 nitrogen and oxygen atoms in total. The maximum absolute atomic E-state index is 11.8. The minimum Gasteiger partial charge on any atom is -0.456 e. The van der Waals surface area contributed by atoms with Crippen LogP contribution in [0.1, 0.15) is 12.3 Å². The van der Waals surface area contributed by atoms with Crippen LogP contribution in [0.15, 0.2) is 51.2 Å². The van der Waals surface area contributed by atoms with Crippen LogP contribution in [-0.2, 0) is 16.1 Å². The molecule has 0 spiro atoms. The predicted molar refractivity (Wildman–Crippen MR) is 94.2 cm³/mol. The van der Waals surface area contributed by atoms with Crippen LogP contribution in [0.25, 0.3) is 10.7 Å². The van der Waals surface area contributed by atoms with Crippen molar-refractivity contribution in [2.75, 3.05) is 5.75 Å². The van der Waals surface area contributed by atoms with Crippen molar-refractivity contribution in [2.45, 2.75) is 17.9 Å². The summed E-state index contributed by atoms with van der Waals surface area (Å²) in [4.78, 5) is 17.9. The predicted octanol–water partition coefficient (Wildman–Crippen LogP) is 4.68. The van der Waals surface area contributed by atoms with Gasteiger partial charge in [0.2, 0.25) is 5.82 Å². The van der Waals surface area contributed by atoms with E-state index in [4.69, 9.17) is 20.9 Å². The minimum atomic E-state index is -0.299. The van der Waals surface area contributed by atoms with Crippen molar-refractivity contribution < 1.29 is 14.1 Å². The quantitative estimate of drug-likeness (QED) is 0.438. The van der Waals surface area contributed by atoms with E-state index < -0.39 is 0 Å². The van der Waals surface area contributed by atoms with Gasteiger partial charge in [0.1, 0.15) is 0 Å². The van der Waals surface area contributed by atoms with Gasteiger partial charge in [-0.15, -0.1) is 23.1 Å². The van der Waals surface area contributed by atoms with Gasteiger partial charge in [-0.25, -0.2) is 0 Å². The molecule has 3 rings (SSSR count). The SMILES string of the molecule is O=C(CCSc1ccc(Cl)cc1)OCc1nc(-c2cccs2)no1. The Labute approximate surface area is 152 Å². The first-order chi connectivity index (χ1) is 11.7. The van der Waals surface area contributed by atoms with E-state index in [2.05, 4.69) is 10.1 Å². The van der Waals surface area contributed by atoms with Gasteiger partial charge in [-0.1, -0.05) is 22.8 Å². The van der Waals surface area contributed by atoms with E-state index in [0.717, 1.165) is 9.77 Å². The highest BCUT2D eigenvalue weighted by Crippen LogP contribution is 2.22. The molecular formula is C16H13ClN2O3S2. The Kier molecular flexibility index (Phi) is 5.90. The third-order valence-corrected chi connectivity index (χ3v) is 5.09. The average molecular weight is 381 g/mol. The molecule has 0 unspecified atom stereocenters. The smallest absolute Gasteiger partial charge is 0.307 e. The Morgan fingerprint density at radius 1 is 1.29 bits per heavy atom. The van der Waals surface area contributed by atoms with Crippen LogP contribution in [0.5, 0.6) is 0 Å². The number of hydrogen-bond acceptors (Lipinski definition) is 7. The van der Waals surface area contributed by atoms with Gasteiger partial charge in [-0.05, 0) is 35.7 Å². The van der Waals surface area contributed by atoms with Crippen molar-refractivity contribution in [3.05, 3.63) is 52.7 Å². The lowest BCUT2D eigenvalue weighted by molar-refractivity contribution is -0.145. The fourth-order valence-corrected chi connectivity index (χ4v) is 3.42. The lowest BCUT2D eigenvalue weighted by Gasteiger charge is -2.02. The number of halogens is 1. The number of aromatic nitrogens is 2. The number of nitrogens with zero attached hydrogens (tertiary/aromatic N) is 2. The fourth-order valence-electron chi connectivity index (χ4n) is 1.82. The molecule has 2 heterocycles. The Hall–Kier alpha value is -1.83. The molecule has 124 valence electrons. The van der Waals surface area contributed by atoms with Crippen LogP contribution in [0.2, 0.25) is 5.02 Å². The lowest BCUT2D eigenvalue weighted by Crippen LogP contribution is -2.05. The van der Waals surface area contributed by atoms with Crippen molar-refractivity contribution in [3.8, 4) is 10.7 Å². The largest absolute Gasteiger partial charge is 0.456 e. The van der Waals surface area contributed by atoms with Gasteiger partial charge < -0.3 is 9.26 Å². The fraction of sp³-hybridized carbons (Fsp3) is 0.188. The third kappa shape index (κ3) is 4.83. The molecule has 0 radical (unpaired) electrons. The molecule has 1 aromatic carbocycles. The van der Waals surface area contributed by atoms with Gasteiger partial charge in [-0.3, -0.25) is 4.79 Å². The second kappa shape index (κ2) is 8.32. The minimum absolute atomic E-state index is 0.0111. The number of benzene rings is 1. The topological polar surface area (TPSA) is 65.2 Å². The molecule has 24 heavy (non-hydrogen) atoms. The van der Waals surface area contributed by atoms with Crippen molar-refractivity contribution in [1.82, 2.24) is 10.1 Å². The van der Waals surface area contributed by atoms with Crippen LogP contribution in [0, 0.1) is 0 Å². The zero-order valence-corrected chi connectivity index (χ0v) is 14.9. The summed E-state index contributed by atoms with van der Waals surface area (Å²) in [6, 6.07) is 11.3. The molecule has 0 aliphatic heterocycles. The number of thioether (sulfide) groups is 1. The summed E-state index contributed by atoms with van der Waals surface area (Å²) in [6.07, 6.45) is 0.305. The molecule has 8 heteroatoms. The summed E-state index contributed by atoms with van der Waals surface area (Å²) in [6.45, 7) is -0.0111. The van der Waals surface area contributed by atoms with Crippen molar-refractivity contribution in [2.24, 2.45) is 0 Å². The highest BCUT2D eigenvalue weighted by Gasteiger charge is 2.11. The number of hydrogen-bond donors (Lipinski definition) is 0. The van der Waals surface area contributed by atoms with Gasteiger partial charge in [0.15, 0.2) is 6.61 Å². The van der Waals surface area contributed by atoms with Crippen molar-refractivity contribution in [1.29, 1.82) is 0 Å². The molecule has 0 aliphatic rings. The maximum Gasteiger partial charge on any atom is 0.307 e. The van der Waals surface area contributed by atoms with Crippen LogP contribution in [-0.4, -0.2) is 21.9 Å². The van der Waals surface area contributed by atoms with E-state index in [1.807, 2.05) is 41.8 Å². The molecule has 0 atom stereocenters. The van der Waals surface area contributed by atoms with E-state index in [0.29, 0.717) is 23.0 Å². The van der Waals surface area contributed by atoms with Gasteiger partial charge in [0.05, 0.1) is 11.3 Å². The van der Waals surface area contributed by atoms with Crippen molar-refractivity contribution in [3.63, 3.8) is 0 Å². The Morgan fingerprint density at radius 2 is 2.12 bits per heavy atom. The summed E-state index contributed by atoms with van der Waals surface area (Å²) in [5.41, 5.74) is 0. The van der Waals surface area contributed by atoms with Crippen LogP contribution < -0.4 is 0 Å². The van der Waals surface area contributed by atoms with E-state index in [1.54, 1.807) is 11.8 Å². The second-order valence-corrected chi connectivity index (χ2v) is 7.25. The molecule has 0 amide bonds. The molecule has 2 aromatic heterocycles. The first-order valence-electron chi connectivity index (χ1n) is 7.11.